The summed E-state index contributed by atoms with van der Waals surface area (Å²) < 4.78 is 0.878. The van der Waals surface area contributed by atoms with Crippen molar-refractivity contribution in [1.29, 1.82) is 0 Å². The number of pyridine rings is 1. The summed E-state index contributed by atoms with van der Waals surface area (Å²) in [4.78, 5) is 3.96. The lowest BCUT2D eigenvalue weighted by atomic mass is 10.2. The summed E-state index contributed by atoms with van der Waals surface area (Å²) in [7, 11) is 0. The maximum atomic E-state index is 5.67. The average Bonchev–Trinajstić information content (AvgIpc) is 2.16. The number of nitrogens with zero attached hydrogens (tertiary/aromatic N) is 1. The lowest BCUT2D eigenvalue weighted by molar-refractivity contribution is 0.991. The van der Waals surface area contributed by atoms with Gasteiger partial charge in [-0.3, -0.25) is 0 Å². The highest BCUT2D eigenvalue weighted by Gasteiger charge is 2.00. The van der Waals surface area contributed by atoms with E-state index in [1.165, 1.54) is 0 Å². The smallest absolute Gasteiger partial charge is 0.140 e. The summed E-state index contributed by atoms with van der Waals surface area (Å²) in [5.41, 5.74) is 6.42. The highest BCUT2D eigenvalue weighted by Crippen LogP contribution is 2.18. The van der Waals surface area contributed by atoms with E-state index >= 15 is 0 Å². The van der Waals surface area contributed by atoms with Crippen LogP contribution in [0.25, 0.3) is 0 Å². The quantitative estimate of drug-likeness (QED) is 0.511. The molecule has 0 aliphatic heterocycles. The summed E-state index contributed by atoms with van der Waals surface area (Å²) in [6, 6.07) is 1.82. The summed E-state index contributed by atoms with van der Waals surface area (Å²) >= 11 is 8.90. The van der Waals surface area contributed by atoms with Crippen LogP contribution in [0.5, 0.6) is 0 Å². The fourth-order valence-electron chi connectivity index (χ4n) is 0.883. The molecule has 0 radical (unpaired) electrons. The Morgan fingerprint density at radius 3 is 3.00 bits per heavy atom. The van der Waals surface area contributed by atoms with Crippen molar-refractivity contribution in [3.8, 4) is 11.8 Å². The molecule has 4 heteroatoms. The predicted molar refractivity (Wildman–Crippen MR) is 63.2 cm³/mol. The van der Waals surface area contributed by atoms with Gasteiger partial charge in [0.15, 0.2) is 0 Å². The molecule has 0 saturated carbocycles. The number of hydrogen-bond acceptors (Lipinski definition) is 2. The number of nitrogens with two attached hydrogens (primary N) is 1. The van der Waals surface area contributed by atoms with E-state index in [9.17, 15) is 0 Å². The van der Waals surface area contributed by atoms with E-state index in [-0.39, 0.29) is 0 Å². The summed E-state index contributed by atoms with van der Waals surface area (Å²) in [5.74, 6) is 7.07. The van der Waals surface area contributed by atoms with Gasteiger partial charge in [-0.2, -0.15) is 0 Å². The van der Waals surface area contributed by atoms with E-state index in [4.69, 9.17) is 17.3 Å². The number of unbranched alkanes of at least 4 members (excludes halogenated alkanes) is 1. The van der Waals surface area contributed by atoms with E-state index in [0.29, 0.717) is 11.7 Å². The Hall–Kier alpha value is -0.720. The molecule has 0 saturated heterocycles. The second kappa shape index (κ2) is 5.90. The van der Waals surface area contributed by atoms with Crippen molar-refractivity contribution < 1.29 is 0 Å². The number of nitrogen functional groups attached to an aromatic ring is 1. The highest BCUT2D eigenvalue weighted by molar-refractivity contribution is 9.10. The molecule has 2 N–H and O–H groups in total. The molecule has 0 amide bonds. The maximum absolute atomic E-state index is 5.67. The lowest BCUT2D eigenvalue weighted by Crippen LogP contribution is -1.94. The molecule has 0 aromatic carbocycles. The molecule has 0 aliphatic rings. The molecule has 0 unspecified atom stereocenters. The van der Waals surface area contributed by atoms with Gasteiger partial charge in [0.1, 0.15) is 5.82 Å². The Balaban J connectivity index is 2.78. The molecule has 1 heterocycles. The fraction of sp³-hybridized carbons (Fsp3) is 0.300. The molecule has 0 fully saturated rings. The molecule has 0 aliphatic carbocycles. The first-order chi connectivity index (χ1) is 6.75. The van der Waals surface area contributed by atoms with Crippen molar-refractivity contribution in [2.75, 3.05) is 11.6 Å². The second-order valence-electron chi connectivity index (χ2n) is 2.65. The van der Waals surface area contributed by atoms with Gasteiger partial charge in [0.05, 0.1) is 5.56 Å². The third kappa shape index (κ3) is 3.21. The van der Waals surface area contributed by atoms with Gasteiger partial charge in [-0.25, -0.2) is 4.98 Å². The first-order valence-corrected chi connectivity index (χ1v) is 5.53. The molecule has 1 aromatic heterocycles. The molecule has 1 aromatic rings. The van der Waals surface area contributed by atoms with Crippen molar-refractivity contribution in [3.05, 3.63) is 22.3 Å². The average molecular weight is 274 g/mol. The summed E-state index contributed by atoms with van der Waals surface area (Å²) in [6.07, 6.45) is 3.32. The fourth-order valence-corrected chi connectivity index (χ4v) is 1.44. The van der Waals surface area contributed by atoms with Crippen molar-refractivity contribution in [1.82, 2.24) is 4.98 Å². The monoisotopic (exact) mass is 272 g/mol. The molecule has 14 heavy (non-hydrogen) atoms. The Morgan fingerprint density at radius 1 is 1.57 bits per heavy atom. The zero-order valence-electron chi connectivity index (χ0n) is 7.56. The zero-order valence-corrected chi connectivity index (χ0v) is 9.90. The van der Waals surface area contributed by atoms with Crippen LogP contribution < -0.4 is 5.73 Å². The Labute approximate surface area is 97.0 Å². The highest BCUT2D eigenvalue weighted by atomic mass is 79.9. The van der Waals surface area contributed by atoms with Crippen LogP contribution in [0.15, 0.2) is 16.7 Å². The van der Waals surface area contributed by atoms with Gasteiger partial charge in [0.2, 0.25) is 0 Å². The van der Waals surface area contributed by atoms with E-state index in [1.807, 2.05) is 6.07 Å². The van der Waals surface area contributed by atoms with Crippen molar-refractivity contribution in [3.63, 3.8) is 0 Å². The SMILES string of the molecule is Nc1nccc(Br)c1C#CCCCCl. The van der Waals surface area contributed by atoms with Gasteiger partial charge >= 0.3 is 0 Å². The second-order valence-corrected chi connectivity index (χ2v) is 3.88. The number of halogens is 2. The minimum atomic E-state index is 0.456. The van der Waals surface area contributed by atoms with Crippen molar-refractivity contribution in [2.24, 2.45) is 0 Å². The van der Waals surface area contributed by atoms with Gasteiger partial charge in [-0.05, 0) is 28.4 Å². The Kier molecular flexibility index (Phi) is 4.78. The number of aromatic nitrogens is 1. The standard InChI is InChI=1S/C10H10BrClN2/c11-9-5-7-14-10(13)8(9)4-2-1-3-6-12/h5,7H,1,3,6H2,(H2,13,14). The van der Waals surface area contributed by atoms with Gasteiger partial charge < -0.3 is 5.73 Å². The minimum Gasteiger partial charge on any atom is -0.383 e. The van der Waals surface area contributed by atoms with Crippen LogP contribution in [0.3, 0.4) is 0 Å². The topological polar surface area (TPSA) is 38.9 Å². The Bertz CT molecular complexity index is 348. The van der Waals surface area contributed by atoms with E-state index in [0.717, 1.165) is 22.9 Å². The van der Waals surface area contributed by atoms with Crippen LogP contribution in [0.1, 0.15) is 18.4 Å². The van der Waals surface area contributed by atoms with Crippen LogP contribution in [0.2, 0.25) is 0 Å². The van der Waals surface area contributed by atoms with Gasteiger partial charge in [-0.15, -0.1) is 11.6 Å². The summed E-state index contributed by atoms with van der Waals surface area (Å²) in [5, 5.41) is 0. The third-order valence-electron chi connectivity index (χ3n) is 1.58. The molecule has 0 spiro atoms. The van der Waals surface area contributed by atoms with Gasteiger partial charge in [-0.1, -0.05) is 11.8 Å². The zero-order chi connectivity index (χ0) is 10.4. The van der Waals surface area contributed by atoms with Crippen LogP contribution >= 0.6 is 27.5 Å². The first kappa shape index (κ1) is 11.4. The number of rotatable bonds is 2. The third-order valence-corrected chi connectivity index (χ3v) is 2.51. The number of anilines is 1. The van der Waals surface area contributed by atoms with Crippen LogP contribution in [-0.4, -0.2) is 10.9 Å². The van der Waals surface area contributed by atoms with Crippen molar-refractivity contribution >= 4 is 33.3 Å². The van der Waals surface area contributed by atoms with Crippen molar-refractivity contribution in [2.45, 2.75) is 12.8 Å². The molecule has 2 nitrogen and oxygen atoms in total. The molecule has 1 rings (SSSR count). The van der Waals surface area contributed by atoms with E-state index < -0.39 is 0 Å². The number of alkyl halides is 1. The Morgan fingerprint density at radius 2 is 2.36 bits per heavy atom. The van der Waals surface area contributed by atoms with Gasteiger partial charge in [0.25, 0.3) is 0 Å². The minimum absolute atomic E-state index is 0.456. The van der Waals surface area contributed by atoms with Gasteiger partial charge in [0, 0.05) is 23.0 Å². The largest absolute Gasteiger partial charge is 0.383 e. The van der Waals surface area contributed by atoms with Crippen LogP contribution in [-0.2, 0) is 0 Å². The van der Waals surface area contributed by atoms with Crippen LogP contribution in [0, 0.1) is 11.8 Å². The number of hydrogen-bond donors (Lipinski definition) is 1. The maximum Gasteiger partial charge on any atom is 0.140 e. The molecular weight excluding hydrogens is 263 g/mol. The van der Waals surface area contributed by atoms with E-state index in [2.05, 4.69) is 32.8 Å². The molecular formula is C10H10BrClN2. The van der Waals surface area contributed by atoms with E-state index in [1.54, 1.807) is 6.20 Å². The molecule has 74 valence electrons. The molecule has 0 atom stereocenters. The predicted octanol–water partition coefficient (Wildman–Crippen LogP) is 2.80. The lowest BCUT2D eigenvalue weighted by Gasteiger charge is -1.98. The normalized spacial score (nSPS) is 9.29. The van der Waals surface area contributed by atoms with Crippen LogP contribution in [0.4, 0.5) is 5.82 Å². The molecule has 0 bridgehead atoms. The first-order valence-electron chi connectivity index (χ1n) is 4.20. The summed E-state index contributed by atoms with van der Waals surface area (Å²) in [6.45, 7) is 0.